The number of hydrogen-bond donors (Lipinski definition) is 0. The molecule has 1 unspecified atom stereocenters. The highest BCUT2D eigenvalue weighted by Crippen LogP contribution is 2.35. The number of ether oxygens (including phenoxy) is 1. The molecule has 1 aromatic carbocycles. The molecule has 1 atom stereocenters. The smallest absolute Gasteiger partial charge is 0.261 e. The van der Waals surface area contributed by atoms with Crippen LogP contribution in [0.15, 0.2) is 29.1 Å². The third kappa shape index (κ3) is 4.14. The first kappa shape index (κ1) is 19.7. The number of aryl methyl sites for hydroxylation is 1. The Morgan fingerprint density at radius 3 is 2.63 bits per heavy atom. The number of carbonyl (C=O) groups is 1. The van der Waals surface area contributed by atoms with Crippen LogP contribution in [0.1, 0.15) is 44.0 Å². The monoisotopic (exact) mass is 410 g/mol. The quantitative estimate of drug-likeness (QED) is 0.729. The number of para-hydroxylation sites is 1. The van der Waals surface area contributed by atoms with E-state index >= 15 is 0 Å². The summed E-state index contributed by atoms with van der Waals surface area (Å²) >= 11 is 0. The maximum absolute atomic E-state index is 13.0. The number of hydrogen-bond acceptors (Lipinski definition) is 5. The number of nitrogens with zero attached hydrogens (tertiary/aromatic N) is 4. The maximum atomic E-state index is 13.0. The molecule has 1 aromatic heterocycles. The van der Waals surface area contributed by atoms with Crippen LogP contribution in [0, 0.1) is 0 Å². The number of amides is 1. The minimum atomic E-state index is 0.0355. The summed E-state index contributed by atoms with van der Waals surface area (Å²) in [5, 5.41) is 0.668. The fourth-order valence-electron chi connectivity index (χ4n) is 4.71. The number of fused-ring (bicyclic) bond motifs is 1. The molecule has 0 bridgehead atoms. The standard InChI is InChI=1S/C23H30N4O3/c28-22(26-13-11-25(12-14-26)16-18-4-3-15-30-18)10-9-21-24-20-6-2-1-5-19(20)23(29)27(21)17-7-8-17/h1-2,5-6,17-18H,3-4,7-16H2. The van der Waals surface area contributed by atoms with Gasteiger partial charge in [-0.2, -0.15) is 0 Å². The minimum absolute atomic E-state index is 0.0355. The SMILES string of the molecule is O=C(CCc1nc2ccccc2c(=O)n1C1CC1)N1CCN(CC2CCCO2)CC1. The Morgan fingerprint density at radius 1 is 1.10 bits per heavy atom. The molecule has 30 heavy (non-hydrogen) atoms. The summed E-state index contributed by atoms with van der Waals surface area (Å²) in [4.78, 5) is 34.9. The summed E-state index contributed by atoms with van der Waals surface area (Å²) in [5.74, 6) is 0.920. The van der Waals surface area contributed by atoms with E-state index in [2.05, 4.69) is 4.90 Å². The van der Waals surface area contributed by atoms with Gasteiger partial charge in [0.2, 0.25) is 5.91 Å². The molecule has 1 saturated carbocycles. The van der Waals surface area contributed by atoms with E-state index in [1.165, 1.54) is 0 Å². The van der Waals surface area contributed by atoms with Crippen molar-refractivity contribution < 1.29 is 9.53 Å². The molecular weight excluding hydrogens is 380 g/mol. The van der Waals surface area contributed by atoms with Crippen molar-refractivity contribution in [2.45, 2.75) is 50.7 Å². The number of piperazine rings is 1. The van der Waals surface area contributed by atoms with Crippen LogP contribution in [-0.4, -0.2) is 70.7 Å². The van der Waals surface area contributed by atoms with Crippen molar-refractivity contribution in [2.75, 3.05) is 39.3 Å². The molecule has 7 nitrogen and oxygen atoms in total. The van der Waals surface area contributed by atoms with Crippen LogP contribution < -0.4 is 5.56 Å². The van der Waals surface area contributed by atoms with Gasteiger partial charge in [-0.05, 0) is 37.8 Å². The van der Waals surface area contributed by atoms with Gasteiger partial charge in [0.15, 0.2) is 0 Å². The Balaban J connectivity index is 1.21. The van der Waals surface area contributed by atoms with E-state index in [0.717, 1.165) is 76.4 Å². The molecule has 0 N–H and O–H groups in total. The minimum Gasteiger partial charge on any atom is -0.377 e. The predicted molar refractivity (Wildman–Crippen MR) is 115 cm³/mol. The van der Waals surface area contributed by atoms with Gasteiger partial charge in [-0.1, -0.05) is 12.1 Å². The van der Waals surface area contributed by atoms with E-state index in [-0.39, 0.29) is 17.5 Å². The lowest BCUT2D eigenvalue weighted by molar-refractivity contribution is -0.133. The molecule has 3 fully saturated rings. The van der Waals surface area contributed by atoms with E-state index in [1.807, 2.05) is 33.7 Å². The van der Waals surface area contributed by atoms with Crippen LogP contribution in [0.25, 0.3) is 10.9 Å². The normalized spacial score (nSPS) is 22.7. The van der Waals surface area contributed by atoms with Crippen molar-refractivity contribution in [3.8, 4) is 0 Å². The van der Waals surface area contributed by atoms with Crippen molar-refractivity contribution in [1.29, 1.82) is 0 Å². The van der Waals surface area contributed by atoms with Crippen LogP contribution >= 0.6 is 0 Å². The van der Waals surface area contributed by atoms with Crippen molar-refractivity contribution in [1.82, 2.24) is 19.4 Å². The van der Waals surface area contributed by atoms with Gasteiger partial charge in [-0.25, -0.2) is 4.98 Å². The zero-order chi connectivity index (χ0) is 20.5. The van der Waals surface area contributed by atoms with Gasteiger partial charge < -0.3 is 9.64 Å². The summed E-state index contributed by atoms with van der Waals surface area (Å²) in [7, 11) is 0. The zero-order valence-corrected chi connectivity index (χ0v) is 17.5. The molecule has 5 rings (SSSR count). The highest BCUT2D eigenvalue weighted by Gasteiger charge is 2.29. The van der Waals surface area contributed by atoms with E-state index in [4.69, 9.17) is 9.72 Å². The Labute approximate surface area is 176 Å². The van der Waals surface area contributed by atoms with Gasteiger partial charge in [0, 0.05) is 58.2 Å². The lowest BCUT2D eigenvalue weighted by atomic mass is 10.2. The molecule has 3 heterocycles. The molecule has 3 aliphatic rings. The van der Waals surface area contributed by atoms with Crippen molar-refractivity contribution in [3.63, 3.8) is 0 Å². The first-order valence-corrected chi connectivity index (χ1v) is 11.3. The predicted octanol–water partition coefficient (Wildman–Crippen LogP) is 1.99. The van der Waals surface area contributed by atoms with E-state index in [9.17, 15) is 9.59 Å². The Morgan fingerprint density at radius 2 is 1.90 bits per heavy atom. The maximum Gasteiger partial charge on any atom is 0.261 e. The molecule has 0 spiro atoms. The van der Waals surface area contributed by atoms with Gasteiger partial charge in [0.05, 0.1) is 17.0 Å². The zero-order valence-electron chi connectivity index (χ0n) is 17.5. The van der Waals surface area contributed by atoms with Crippen LogP contribution in [0.2, 0.25) is 0 Å². The van der Waals surface area contributed by atoms with Gasteiger partial charge in [-0.3, -0.25) is 19.1 Å². The highest BCUT2D eigenvalue weighted by atomic mass is 16.5. The van der Waals surface area contributed by atoms with E-state index in [0.29, 0.717) is 24.3 Å². The lowest BCUT2D eigenvalue weighted by Gasteiger charge is -2.35. The van der Waals surface area contributed by atoms with E-state index < -0.39 is 0 Å². The molecule has 160 valence electrons. The molecular formula is C23H30N4O3. The van der Waals surface area contributed by atoms with E-state index in [1.54, 1.807) is 0 Å². The Kier molecular flexibility index (Phi) is 5.56. The summed E-state index contributed by atoms with van der Waals surface area (Å²) in [6.45, 7) is 5.23. The number of carbonyl (C=O) groups excluding carboxylic acids is 1. The van der Waals surface area contributed by atoms with Crippen LogP contribution in [0.5, 0.6) is 0 Å². The average molecular weight is 411 g/mol. The second kappa shape index (κ2) is 8.47. The Hall–Kier alpha value is -2.25. The molecule has 2 aliphatic heterocycles. The van der Waals surface area contributed by atoms with Gasteiger partial charge in [0.25, 0.3) is 5.56 Å². The average Bonchev–Trinajstić information content (AvgIpc) is 3.48. The molecule has 7 heteroatoms. The Bertz CT molecular complexity index is 970. The number of aromatic nitrogens is 2. The van der Waals surface area contributed by atoms with Crippen molar-refractivity contribution in [3.05, 3.63) is 40.4 Å². The fraction of sp³-hybridized carbons (Fsp3) is 0.609. The second-order valence-electron chi connectivity index (χ2n) is 8.77. The molecule has 2 saturated heterocycles. The summed E-state index contributed by atoms with van der Waals surface area (Å²) in [5.41, 5.74) is 0.762. The first-order valence-electron chi connectivity index (χ1n) is 11.3. The summed E-state index contributed by atoms with van der Waals surface area (Å²) in [6, 6.07) is 7.76. The van der Waals surface area contributed by atoms with Crippen LogP contribution in [0.4, 0.5) is 0 Å². The molecule has 0 radical (unpaired) electrons. The van der Waals surface area contributed by atoms with Crippen molar-refractivity contribution >= 4 is 16.8 Å². The topological polar surface area (TPSA) is 67.7 Å². The molecule has 2 aromatic rings. The lowest BCUT2D eigenvalue weighted by Crippen LogP contribution is -2.50. The number of rotatable bonds is 6. The largest absolute Gasteiger partial charge is 0.377 e. The summed E-state index contributed by atoms with van der Waals surface area (Å²) in [6.07, 6.45) is 5.65. The fourth-order valence-corrected chi connectivity index (χ4v) is 4.71. The van der Waals surface area contributed by atoms with Crippen molar-refractivity contribution in [2.24, 2.45) is 0 Å². The molecule has 1 amide bonds. The van der Waals surface area contributed by atoms with Crippen LogP contribution in [-0.2, 0) is 16.0 Å². The second-order valence-corrected chi connectivity index (χ2v) is 8.77. The first-order chi connectivity index (χ1) is 14.7. The van der Waals surface area contributed by atoms with Gasteiger partial charge >= 0.3 is 0 Å². The van der Waals surface area contributed by atoms with Gasteiger partial charge in [0.1, 0.15) is 5.82 Å². The number of benzene rings is 1. The molecule has 1 aliphatic carbocycles. The summed E-state index contributed by atoms with van der Waals surface area (Å²) < 4.78 is 7.58. The third-order valence-corrected chi connectivity index (χ3v) is 6.57. The van der Waals surface area contributed by atoms with Crippen LogP contribution in [0.3, 0.4) is 0 Å². The van der Waals surface area contributed by atoms with Gasteiger partial charge in [-0.15, -0.1) is 0 Å². The highest BCUT2D eigenvalue weighted by molar-refractivity contribution is 5.78. The third-order valence-electron chi connectivity index (χ3n) is 6.57.